The van der Waals surface area contributed by atoms with E-state index in [-0.39, 0.29) is 5.78 Å². The van der Waals surface area contributed by atoms with Gasteiger partial charge in [0.1, 0.15) is 0 Å². The van der Waals surface area contributed by atoms with Crippen molar-refractivity contribution in [2.24, 2.45) is 0 Å². The highest BCUT2D eigenvalue weighted by Crippen LogP contribution is 2.27. The molecule has 0 aliphatic carbocycles. The van der Waals surface area contributed by atoms with Crippen molar-refractivity contribution in [3.05, 3.63) is 76.6 Å². The summed E-state index contributed by atoms with van der Waals surface area (Å²) < 4.78 is 2.04. The number of nitrogens with zero attached hydrogens (tertiary/aromatic N) is 2. The molecule has 0 saturated heterocycles. The molecule has 0 N–H and O–H groups in total. The minimum absolute atomic E-state index is 0.0399. The van der Waals surface area contributed by atoms with Crippen LogP contribution in [0, 0.1) is 25.2 Å². The van der Waals surface area contributed by atoms with E-state index in [1.807, 2.05) is 66.9 Å². The largest absolute Gasteiger partial charge is 0.320 e. The van der Waals surface area contributed by atoms with Crippen molar-refractivity contribution in [2.45, 2.75) is 26.7 Å². The molecule has 0 aliphatic rings. The predicted molar refractivity (Wildman–Crippen MR) is 90.7 cm³/mol. The van der Waals surface area contributed by atoms with E-state index in [0.29, 0.717) is 18.4 Å². The molecule has 23 heavy (non-hydrogen) atoms. The van der Waals surface area contributed by atoms with Gasteiger partial charge in [-0.05, 0) is 37.6 Å². The number of benzene rings is 1. The highest BCUT2D eigenvalue weighted by atomic mass is 16.1. The lowest BCUT2D eigenvalue weighted by Crippen LogP contribution is -2.03. The van der Waals surface area contributed by atoms with Gasteiger partial charge in [-0.2, -0.15) is 5.26 Å². The van der Waals surface area contributed by atoms with Gasteiger partial charge in [0.2, 0.25) is 0 Å². The fraction of sp³-hybridized carbons (Fsp3) is 0.200. The lowest BCUT2D eigenvalue weighted by molar-refractivity contribution is 0.103. The Kier molecular flexibility index (Phi) is 3.99. The van der Waals surface area contributed by atoms with Crippen LogP contribution in [0.2, 0.25) is 0 Å². The first-order valence-electron chi connectivity index (χ1n) is 7.70. The summed E-state index contributed by atoms with van der Waals surface area (Å²) in [6.07, 6.45) is 3.05. The van der Waals surface area contributed by atoms with Gasteiger partial charge in [-0.25, -0.2) is 0 Å². The van der Waals surface area contributed by atoms with E-state index in [1.54, 1.807) is 0 Å². The molecule has 3 aromatic rings. The van der Waals surface area contributed by atoms with E-state index in [4.69, 9.17) is 5.26 Å². The molecular weight excluding hydrogens is 284 g/mol. The molecule has 2 aromatic heterocycles. The topological polar surface area (TPSA) is 45.3 Å². The van der Waals surface area contributed by atoms with Gasteiger partial charge < -0.3 is 4.40 Å². The van der Waals surface area contributed by atoms with Crippen LogP contribution in [0.15, 0.2) is 48.7 Å². The number of pyridine rings is 1. The van der Waals surface area contributed by atoms with Crippen molar-refractivity contribution >= 4 is 11.3 Å². The summed E-state index contributed by atoms with van der Waals surface area (Å²) in [5.41, 5.74) is 5.43. The number of carbonyl (C=O) groups is 1. The number of ketones is 1. The number of aromatic nitrogens is 1. The Bertz CT molecular complexity index is 928. The fourth-order valence-electron chi connectivity index (χ4n) is 3.10. The number of aryl methyl sites for hydroxylation is 2. The van der Waals surface area contributed by atoms with Crippen LogP contribution in [0.25, 0.3) is 5.52 Å². The highest BCUT2D eigenvalue weighted by Gasteiger charge is 2.21. The van der Waals surface area contributed by atoms with Crippen molar-refractivity contribution in [3.63, 3.8) is 0 Å². The van der Waals surface area contributed by atoms with Gasteiger partial charge in [-0.15, -0.1) is 0 Å². The van der Waals surface area contributed by atoms with E-state index >= 15 is 0 Å². The van der Waals surface area contributed by atoms with Gasteiger partial charge in [0.05, 0.1) is 17.1 Å². The zero-order valence-electron chi connectivity index (χ0n) is 13.3. The zero-order valence-corrected chi connectivity index (χ0v) is 13.3. The smallest absolute Gasteiger partial charge is 0.195 e. The summed E-state index contributed by atoms with van der Waals surface area (Å²) in [6.45, 7) is 3.96. The summed E-state index contributed by atoms with van der Waals surface area (Å²) in [5, 5.41) is 8.89. The summed E-state index contributed by atoms with van der Waals surface area (Å²) in [6, 6.07) is 15.7. The molecule has 0 atom stereocenters. The second-order valence-electron chi connectivity index (χ2n) is 5.76. The quantitative estimate of drug-likeness (QED) is 0.676. The van der Waals surface area contributed by atoms with Gasteiger partial charge in [-0.3, -0.25) is 4.79 Å². The minimum atomic E-state index is 0.0399. The van der Waals surface area contributed by atoms with E-state index in [0.717, 1.165) is 27.9 Å². The lowest BCUT2D eigenvalue weighted by atomic mass is 9.98. The third-order valence-corrected chi connectivity index (χ3v) is 4.20. The SMILES string of the molecule is Cc1cccc(C(=O)c2c(C)c(CCC#N)n3ccccc23)c1. The Balaban J connectivity index is 2.19. The monoisotopic (exact) mass is 302 g/mol. The molecule has 0 fully saturated rings. The van der Waals surface area contributed by atoms with Gasteiger partial charge in [-0.1, -0.05) is 29.8 Å². The van der Waals surface area contributed by atoms with Crippen LogP contribution in [0.5, 0.6) is 0 Å². The van der Waals surface area contributed by atoms with Crippen LogP contribution in [0.1, 0.15) is 39.2 Å². The van der Waals surface area contributed by atoms with E-state index in [1.165, 1.54) is 0 Å². The maximum absolute atomic E-state index is 13.0. The molecule has 0 aliphatic heterocycles. The molecule has 3 heteroatoms. The molecule has 0 spiro atoms. The lowest BCUT2D eigenvalue weighted by Gasteiger charge is -2.03. The minimum Gasteiger partial charge on any atom is -0.320 e. The molecule has 0 saturated carbocycles. The van der Waals surface area contributed by atoms with Crippen molar-refractivity contribution < 1.29 is 4.79 Å². The average Bonchev–Trinajstić information content (AvgIpc) is 2.84. The van der Waals surface area contributed by atoms with E-state index in [2.05, 4.69) is 6.07 Å². The van der Waals surface area contributed by atoms with Crippen molar-refractivity contribution in [3.8, 4) is 6.07 Å². The summed E-state index contributed by atoms with van der Waals surface area (Å²) in [4.78, 5) is 13.0. The molecule has 0 radical (unpaired) electrons. The summed E-state index contributed by atoms with van der Waals surface area (Å²) >= 11 is 0. The average molecular weight is 302 g/mol. The Labute approximate surface area is 135 Å². The van der Waals surface area contributed by atoms with Crippen LogP contribution in [-0.2, 0) is 6.42 Å². The Morgan fingerprint density at radius 2 is 2.00 bits per heavy atom. The third kappa shape index (κ3) is 2.64. The zero-order chi connectivity index (χ0) is 16.4. The Hall–Kier alpha value is -2.86. The first-order chi connectivity index (χ1) is 11.1. The molecule has 2 heterocycles. The van der Waals surface area contributed by atoms with Crippen LogP contribution in [0.4, 0.5) is 0 Å². The van der Waals surface area contributed by atoms with Gasteiger partial charge in [0, 0.05) is 30.3 Å². The number of fused-ring (bicyclic) bond motifs is 1. The molecule has 0 unspecified atom stereocenters. The second-order valence-corrected chi connectivity index (χ2v) is 5.76. The standard InChI is InChI=1S/C20H18N2O/c1-14-7-5-8-16(13-14)20(23)19-15(2)17(10-6-11-21)22-12-4-3-9-18(19)22/h3-5,7-9,12-13H,6,10H2,1-2H3. The predicted octanol–water partition coefficient (Wildman–Crippen LogP) is 4.24. The first kappa shape index (κ1) is 15.1. The maximum atomic E-state index is 13.0. The number of rotatable bonds is 4. The highest BCUT2D eigenvalue weighted by molar-refractivity contribution is 6.14. The molecule has 3 rings (SSSR count). The summed E-state index contributed by atoms with van der Waals surface area (Å²) in [7, 11) is 0. The summed E-state index contributed by atoms with van der Waals surface area (Å²) in [5.74, 6) is 0.0399. The van der Waals surface area contributed by atoms with Gasteiger partial charge in [0.25, 0.3) is 0 Å². The van der Waals surface area contributed by atoms with Gasteiger partial charge in [0.15, 0.2) is 5.78 Å². The molecule has 3 nitrogen and oxygen atoms in total. The van der Waals surface area contributed by atoms with Crippen LogP contribution in [-0.4, -0.2) is 10.2 Å². The normalized spacial score (nSPS) is 10.7. The number of hydrogen-bond donors (Lipinski definition) is 0. The van der Waals surface area contributed by atoms with Crippen LogP contribution < -0.4 is 0 Å². The third-order valence-electron chi connectivity index (χ3n) is 4.20. The van der Waals surface area contributed by atoms with E-state index in [9.17, 15) is 4.79 Å². The molecular formula is C20H18N2O. The van der Waals surface area contributed by atoms with Crippen molar-refractivity contribution in [2.75, 3.05) is 0 Å². The maximum Gasteiger partial charge on any atom is 0.195 e. The molecule has 0 bridgehead atoms. The molecule has 1 aromatic carbocycles. The first-order valence-corrected chi connectivity index (χ1v) is 7.70. The Morgan fingerprint density at radius 1 is 1.17 bits per heavy atom. The molecule has 0 amide bonds. The number of nitriles is 1. The van der Waals surface area contributed by atoms with Crippen LogP contribution in [0.3, 0.4) is 0 Å². The van der Waals surface area contributed by atoms with Gasteiger partial charge >= 0.3 is 0 Å². The molecule has 114 valence electrons. The Morgan fingerprint density at radius 3 is 2.74 bits per heavy atom. The second kappa shape index (κ2) is 6.10. The van der Waals surface area contributed by atoms with Crippen molar-refractivity contribution in [1.82, 2.24) is 4.40 Å². The van der Waals surface area contributed by atoms with Crippen molar-refractivity contribution in [1.29, 1.82) is 5.26 Å². The number of carbonyl (C=O) groups excluding carboxylic acids is 1. The van der Waals surface area contributed by atoms with Crippen LogP contribution >= 0.6 is 0 Å². The fourth-order valence-corrected chi connectivity index (χ4v) is 3.10. The number of hydrogen-bond acceptors (Lipinski definition) is 2. The van der Waals surface area contributed by atoms with E-state index < -0.39 is 0 Å².